The molecule has 2 heterocycles. The zero-order valence-corrected chi connectivity index (χ0v) is 16.2. The fourth-order valence-electron chi connectivity index (χ4n) is 3.34. The molecule has 0 fully saturated rings. The predicted octanol–water partition coefficient (Wildman–Crippen LogP) is 6.95. The fraction of sp³-hybridized carbons (Fsp3) is 0.182. The Morgan fingerprint density at radius 3 is 2.64 bits per heavy atom. The van der Waals surface area contributed by atoms with E-state index >= 15 is 0 Å². The second kappa shape index (κ2) is 7.11. The fourth-order valence-corrected chi connectivity index (χ4v) is 5.69. The van der Waals surface area contributed by atoms with Crippen LogP contribution < -0.4 is 4.90 Å². The van der Waals surface area contributed by atoms with E-state index < -0.39 is 0 Å². The molecular weight excluding hydrogens is 342 g/mol. The van der Waals surface area contributed by atoms with Crippen molar-refractivity contribution >= 4 is 44.9 Å². The minimum atomic E-state index is 0.993. The molecule has 0 amide bonds. The molecule has 0 N–H and O–H groups in total. The summed E-state index contributed by atoms with van der Waals surface area (Å²) >= 11 is 3.75. The normalized spacial score (nSPS) is 15.6. The van der Waals surface area contributed by atoms with Crippen LogP contribution in [0.4, 0.5) is 5.69 Å². The Bertz CT molecular complexity index is 965. The highest BCUT2D eigenvalue weighted by molar-refractivity contribution is 8.03. The van der Waals surface area contributed by atoms with Crippen LogP contribution in [0, 0.1) is 0 Å². The summed E-state index contributed by atoms with van der Waals surface area (Å²) in [7, 11) is 0. The molecule has 0 unspecified atom stereocenters. The first kappa shape index (κ1) is 16.5. The molecule has 0 saturated carbocycles. The maximum Gasteiger partial charge on any atom is 0.0801 e. The molecule has 0 atom stereocenters. The topological polar surface area (TPSA) is 3.24 Å². The number of rotatable bonds is 4. The van der Waals surface area contributed by atoms with Crippen molar-refractivity contribution in [1.29, 1.82) is 0 Å². The van der Waals surface area contributed by atoms with Crippen LogP contribution >= 0.6 is 23.1 Å². The SMILES string of the molecule is CCc1c(C=CC=C2Sc3ccccc3N2CC)sc2ccccc12. The van der Waals surface area contributed by atoms with Gasteiger partial charge < -0.3 is 4.90 Å². The van der Waals surface area contributed by atoms with Gasteiger partial charge in [0.2, 0.25) is 0 Å². The summed E-state index contributed by atoms with van der Waals surface area (Å²) in [6.45, 7) is 5.45. The van der Waals surface area contributed by atoms with Crippen molar-refractivity contribution in [3.8, 4) is 0 Å². The van der Waals surface area contributed by atoms with Crippen molar-refractivity contribution in [3.05, 3.63) is 76.2 Å². The van der Waals surface area contributed by atoms with E-state index in [9.17, 15) is 0 Å². The third-order valence-corrected chi connectivity index (χ3v) is 6.83. The van der Waals surface area contributed by atoms with Crippen molar-refractivity contribution < 1.29 is 0 Å². The van der Waals surface area contributed by atoms with Gasteiger partial charge in [0.25, 0.3) is 0 Å². The van der Waals surface area contributed by atoms with Gasteiger partial charge in [0.05, 0.1) is 10.7 Å². The van der Waals surface area contributed by atoms with Gasteiger partial charge in [0.15, 0.2) is 0 Å². The third kappa shape index (κ3) is 3.03. The lowest BCUT2D eigenvalue weighted by Gasteiger charge is -2.17. The molecule has 0 saturated heterocycles. The average molecular weight is 364 g/mol. The van der Waals surface area contributed by atoms with Crippen molar-refractivity contribution in [3.63, 3.8) is 0 Å². The highest BCUT2D eigenvalue weighted by atomic mass is 32.2. The van der Waals surface area contributed by atoms with E-state index in [0.29, 0.717) is 0 Å². The number of allylic oxidation sites excluding steroid dienone is 2. The largest absolute Gasteiger partial charge is 0.335 e. The molecule has 1 nitrogen and oxygen atoms in total. The van der Waals surface area contributed by atoms with E-state index in [2.05, 4.69) is 85.5 Å². The Labute approximate surface area is 157 Å². The average Bonchev–Trinajstić information content (AvgIpc) is 3.18. The Kier molecular flexibility index (Phi) is 4.69. The molecular formula is C22H21NS2. The molecule has 0 bridgehead atoms. The minimum absolute atomic E-state index is 0.993. The zero-order valence-electron chi connectivity index (χ0n) is 14.5. The summed E-state index contributed by atoms with van der Waals surface area (Å²) < 4.78 is 1.38. The first-order chi connectivity index (χ1) is 12.3. The van der Waals surface area contributed by atoms with Gasteiger partial charge in [-0.2, -0.15) is 0 Å². The van der Waals surface area contributed by atoms with Gasteiger partial charge in [0, 0.05) is 21.0 Å². The van der Waals surface area contributed by atoms with E-state index in [4.69, 9.17) is 0 Å². The number of para-hydroxylation sites is 1. The molecule has 1 aliphatic heterocycles. The van der Waals surface area contributed by atoms with Crippen LogP contribution in [0.15, 0.2) is 70.6 Å². The minimum Gasteiger partial charge on any atom is -0.335 e. The summed E-state index contributed by atoms with van der Waals surface area (Å²) in [6.07, 6.45) is 7.80. The lowest BCUT2D eigenvalue weighted by Crippen LogP contribution is -2.16. The summed E-state index contributed by atoms with van der Waals surface area (Å²) in [5.74, 6) is 0. The van der Waals surface area contributed by atoms with Crippen LogP contribution in [0.3, 0.4) is 0 Å². The highest BCUT2D eigenvalue weighted by Gasteiger charge is 2.22. The van der Waals surface area contributed by atoms with E-state index in [1.54, 1.807) is 0 Å². The van der Waals surface area contributed by atoms with Gasteiger partial charge in [0.1, 0.15) is 0 Å². The van der Waals surface area contributed by atoms with Gasteiger partial charge in [-0.15, -0.1) is 11.3 Å². The number of anilines is 1. The molecule has 126 valence electrons. The lowest BCUT2D eigenvalue weighted by molar-refractivity contribution is 1.00. The monoisotopic (exact) mass is 363 g/mol. The van der Waals surface area contributed by atoms with Gasteiger partial charge in [-0.05, 0) is 54.6 Å². The molecule has 1 aliphatic rings. The van der Waals surface area contributed by atoms with Crippen molar-refractivity contribution in [2.45, 2.75) is 25.2 Å². The van der Waals surface area contributed by atoms with Crippen LogP contribution in [0.2, 0.25) is 0 Å². The molecule has 2 aromatic carbocycles. The summed E-state index contributed by atoms with van der Waals surface area (Å²) in [6, 6.07) is 17.4. The number of aryl methyl sites for hydroxylation is 1. The molecule has 3 heteroatoms. The molecule has 4 rings (SSSR count). The Morgan fingerprint density at radius 2 is 1.80 bits per heavy atom. The maximum atomic E-state index is 2.38. The summed E-state index contributed by atoms with van der Waals surface area (Å²) in [5.41, 5.74) is 2.79. The van der Waals surface area contributed by atoms with Gasteiger partial charge >= 0.3 is 0 Å². The van der Waals surface area contributed by atoms with E-state index in [1.807, 2.05) is 23.1 Å². The first-order valence-corrected chi connectivity index (χ1v) is 10.4. The zero-order chi connectivity index (χ0) is 17.2. The maximum absolute atomic E-state index is 2.38. The van der Waals surface area contributed by atoms with E-state index in [0.717, 1.165) is 13.0 Å². The molecule has 25 heavy (non-hydrogen) atoms. The van der Waals surface area contributed by atoms with E-state index in [1.165, 1.54) is 36.1 Å². The number of benzene rings is 2. The van der Waals surface area contributed by atoms with Crippen LogP contribution in [0.25, 0.3) is 16.2 Å². The van der Waals surface area contributed by atoms with Crippen LogP contribution in [-0.4, -0.2) is 6.54 Å². The van der Waals surface area contributed by atoms with Crippen molar-refractivity contribution in [2.24, 2.45) is 0 Å². The van der Waals surface area contributed by atoms with Gasteiger partial charge in [-0.25, -0.2) is 0 Å². The quantitative estimate of drug-likeness (QED) is 0.493. The highest BCUT2D eigenvalue weighted by Crippen LogP contribution is 2.45. The smallest absolute Gasteiger partial charge is 0.0801 e. The number of hydrogen-bond acceptors (Lipinski definition) is 3. The second-order valence-electron chi connectivity index (χ2n) is 5.97. The summed E-state index contributed by atoms with van der Waals surface area (Å²) in [4.78, 5) is 5.11. The molecule has 0 aliphatic carbocycles. The van der Waals surface area contributed by atoms with Crippen molar-refractivity contribution in [1.82, 2.24) is 0 Å². The van der Waals surface area contributed by atoms with Crippen LogP contribution in [-0.2, 0) is 6.42 Å². The molecule has 0 radical (unpaired) electrons. The molecule has 1 aromatic heterocycles. The third-order valence-electron chi connectivity index (χ3n) is 4.52. The van der Waals surface area contributed by atoms with Crippen molar-refractivity contribution in [2.75, 3.05) is 11.4 Å². The number of fused-ring (bicyclic) bond motifs is 2. The number of thioether (sulfide) groups is 1. The van der Waals surface area contributed by atoms with Crippen LogP contribution in [0.1, 0.15) is 24.3 Å². The lowest BCUT2D eigenvalue weighted by atomic mass is 10.1. The predicted molar refractivity (Wildman–Crippen MR) is 114 cm³/mol. The molecule has 0 spiro atoms. The second-order valence-corrected chi connectivity index (χ2v) is 8.12. The summed E-state index contributed by atoms with van der Waals surface area (Å²) in [5, 5.41) is 2.71. The molecule has 3 aromatic rings. The van der Waals surface area contributed by atoms with E-state index in [-0.39, 0.29) is 0 Å². The standard InChI is InChI=1S/C22H21NS2/c1-3-16-17-10-5-7-12-20(17)24-19(16)14-9-15-22-23(4-2)18-11-6-8-13-21(18)25-22/h5-15H,3-4H2,1-2H3. The number of thiophene rings is 1. The van der Waals surface area contributed by atoms with Gasteiger partial charge in [-0.3, -0.25) is 0 Å². The Morgan fingerprint density at radius 1 is 1.00 bits per heavy atom. The Balaban J connectivity index is 1.64. The number of nitrogens with zero attached hydrogens (tertiary/aromatic N) is 1. The van der Waals surface area contributed by atoms with Gasteiger partial charge in [-0.1, -0.05) is 55.1 Å². The Hall–Kier alpha value is -1.97. The number of hydrogen-bond donors (Lipinski definition) is 0. The van der Waals surface area contributed by atoms with Crippen LogP contribution in [0.5, 0.6) is 0 Å². The first-order valence-electron chi connectivity index (χ1n) is 8.75.